The lowest BCUT2D eigenvalue weighted by Crippen LogP contribution is -2.38. The van der Waals surface area contributed by atoms with E-state index in [4.69, 9.17) is 4.98 Å². The van der Waals surface area contributed by atoms with Crippen molar-refractivity contribution in [2.24, 2.45) is 5.92 Å². The van der Waals surface area contributed by atoms with Gasteiger partial charge in [-0.1, -0.05) is 42.7 Å². The first-order valence-corrected chi connectivity index (χ1v) is 11.1. The number of anilines is 1. The molecule has 1 aliphatic rings. The number of aryl methyl sites for hydroxylation is 3. The topological polar surface area (TPSA) is 51.0 Å². The summed E-state index contributed by atoms with van der Waals surface area (Å²) in [5.41, 5.74) is 3.44. The van der Waals surface area contributed by atoms with Crippen molar-refractivity contribution in [3.8, 4) is 0 Å². The van der Waals surface area contributed by atoms with Crippen molar-refractivity contribution < 1.29 is 4.79 Å². The molecule has 0 bridgehead atoms. The number of hydrogen-bond donors (Lipinski definition) is 0. The van der Waals surface area contributed by atoms with Crippen LogP contribution >= 0.6 is 11.3 Å². The fraction of sp³-hybridized carbons (Fsp3) is 0.500. The predicted octanol–water partition coefficient (Wildman–Crippen LogP) is 5.11. The third-order valence-corrected chi connectivity index (χ3v) is 6.95. The fourth-order valence-electron chi connectivity index (χ4n) is 4.06. The molecule has 3 aromatic rings. The molecule has 1 fully saturated rings. The summed E-state index contributed by atoms with van der Waals surface area (Å²) in [7, 11) is 0. The van der Waals surface area contributed by atoms with Crippen molar-refractivity contribution in [3.63, 3.8) is 0 Å². The number of thiazole rings is 1. The Labute approximate surface area is 170 Å². The van der Waals surface area contributed by atoms with Gasteiger partial charge < -0.3 is 4.57 Å². The van der Waals surface area contributed by atoms with Crippen LogP contribution in [0.25, 0.3) is 10.2 Å². The van der Waals surface area contributed by atoms with Gasteiger partial charge in [0.25, 0.3) is 0 Å². The van der Waals surface area contributed by atoms with Gasteiger partial charge in [-0.05, 0) is 44.2 Å². The molecular formula is C22H28N4OS. The smallest absolute Gasteiger partial charge is 0.231 e. The number of nitrogens with zero attached hydrogens (tertiary/aromatic N) is 4. The van der Waals surface area contributed by atoms with E-state index in [9.17, 15) is 4.79 Å². The van der Waals surface area contributed by atoms with E-state index in [0.29, 0.717) is 6.54 Å². The molecule has 0 N–H and O–H groups in total. The van der Waals surface area contributed by atoms with Gasteiger partial charge in [0, 0.05) is 31.4 Å². The number of aromatic nitrogens is 3. The van der Waals surface area contributed by atoms with Crippen molar-refractivity contribution in [2.45, 2.75) is 58.9 Å². The summed E-state index contributed by atoms with van der Waals surface area (Å²) in [6, 6.07) is 4.26. The van der Waals surface area contributed by atoms with Crippen molar-refractivity contribution in [1.29, 1.82) is 0 Å². The van der Waals surface area contributed by atoms with Crippen molar-refractivity contribution in [2.75, 3.05) is 11.4 Å². The zero-order valence-corrected chi connectivity index (χ0v) is 17.5. The first-order valence-electron chi connectivity index (χ1n) is 10.3. The van der Waals surface area contributed by atoms with E-state index in [2.05, 4.69) is 35.5 Å². The lowest BCUT2D eigenvalue weighted by atomic mass is 9.88. The second kappa shape index (κ2) is 8.43. The number of carbonyl (C=O) groups is 1. The van der Waals surface area contributed by atoms with Crippen LogP contribution in [0, 0.1) is 19.8 Å². The Morgan fingerprint density at radius 1 is 1.21 bits per heavy atom. The van der Waals surface area contributed by atoms with Crippen LogP contribution in [0.1, 0.15) is 49.7 Å². The summed E-state index contributed by atoms with van der Waals surface area (Å²) in [4.78, 5) is 24.4. The molecule has 1 saturated carbocycles. The summed E-state index contributed by atoms with van der Waals surface area (Å²) < 4.78 is 3.27. The van der Waals surface area contributed by atoms with Crippen LogP contribution in [0.2, 0.25) is 0 Å². The molecule has 148 valence electrons. The number of fused-ring (bicyclic) bond motifs is 1. The number of imidazole rings is 1. The normalized spacial score (nSPS) is 15.2. The van der Waals surface area contributed by atoms with Crippen LogP contribution in [-0.4, -0.2) is 27.0 Å². The van der Waals surface area contributed by atoms with E-state index in [1.54, 1.807) is 17.5 Å². The summed E-state index contributed by atoms with van der Waals surface area (Å²) in [6.45, 7) is 5.77. The Morgan fingerprint density at radius 2 is 2.00 bits per heavy atom. The zero-order chi connectivity index (χ0) is 19.5. The first-order chi connectivity index (χ1) is 13.6. The maximum absolute atomic E-state index is 13.4. The molecular weight excluding hydrogens is 368 g/mol. The lowest BCUT2D eigenvalue weighted by molar-refractivity contribution is -0.123. The van der Waals surface area contributed by atoms with Gasteiger partial charge in [0.05, 0.1) is 16.5 Å². The van der Waals surface area contributed by atoms with E-state index in [1.165, 1.54) is 22.2 Å². The Balaban J connectivity index is 1.60. The summed E-state index contributed by atoms with van der Waals surface area (Å²) in [5.74, 6) is 0.413. The van der Waals surface area contributed by atoms with E-state index < -0.39 is 0 Å². The standard InChI is InChI=1S/C22H28N4OS/c1-16-9-10-17(2)20-19(16)24-22(28-20)26(13-6-12-25-14-11-23-15-25)21(27)18-7-4-3-5-8-18/h9-11,14-15,18H,3-8,12-13H2,1-2H3. The molecule has 2 aromatic heterocycles. The largest absolute Gasteiger partial charge is 0.337 e. The second-order valence-electron chi connectivity index (χ2n) is 7.85. The molecule has 1 amide bonds. The highest BCUT2D eigenvalue weighted by Gasteiger charge is 2.28. The molecule has 0 atom stereocenters. The lowest BCUT2D eigenvalue weighted by Gasteiger charge is -2.27. The number of benzene rings is 1. The average Bonchev–Trinajstić information content (AvgIpc) is 3.39. The molecule has 6 heteroatoms. The van der Waals surface area contributed by atoms with E-state index in [-0.39, 0.29) is 11.8 Å². The Hall–Kier alpha value is -2.21. The van der Waals surface area contributed by atoms with E-state index in [1.807, 2.05) is 17.4 Å². The van der Waals surface area contributed by atoms with Gasteiger partial charge in [0.15, 0.2) is 5.13 Å². The summed E-state index contributed by atoms with van der Waals surface area (Å²) >= 11 is 1.66. The van der Waals surface area contributed by atoms with Crippen LogP contribution < -0.4 is 4.90 Å². The van der Waals surface area contributed by atoms with Gasteiger partial charge >= 0.3 is 0 Å². The minimum Gasteiger partial charge on any atom is -0.337 e. The summed E-state index contributed by atoms with van der Waals surface area (Å²) in [5, 5.41) is 0.855. The minimum atomic E-state index is 0.149. The maximum Gasteiger partial charge on any atom is 0.231 e. The number of hydrogen-bond acceptors (Lipinski definition) is 4. The molecule has 0 aliphatic heterocycles. The van der Waals surface area contributed by atoms with E-state index >= 15 is 0 Å². The molecule has 5 nitrogen and oxygen atoms in total. The monoisotopic (exact) mass is 396 g/mol. The van der Waals surface area contributed by atoms with Gasteiger partial charge in [-0.2, -0.15) is 0 Å². The minimum absolute atomic E-state index is 0.149. The number of amides is 1. The molecule has 0 spiro atoms. The van der Waals surface area contributed by atoms with E-state index in [0.717, 1.165) is 49.3 Å². The molecule has 1 aliphatic carbocycles. The Morgan fingerprint density at radius 3 is 2.71 bits per heavy atom. The van der Waals surface area contributed by atoms with Crippen LogP contribution in [0.15, 0.2) is 30.9 Å². The molecule has 0 saturated heterocycles. The highest BCUT2D eigenvalue weighted by Crippen LogP contribution is 2.35. The van der Waals surface area contributed by atoms with Gasteiger partial charge in [-0.15, -0.1) is 0 Å². The SMILES string of the molecule is Cc1ccc(C)c2sc(N(CCCn3ccnc3)C(=O)C3CCCCC3)nc12. The highest BCUT2D eigenvalue weighted by atomic mass is 32.1. The van der Waals surface area contributed by atoms with Crippen LogP contribution in [0.5, 0.6) is 0 Å². The molecule has 0 radical (unpaired) electrons. The third kappa shape index (κ3) is 3.97. The number of carbonyl (C=O) groups excluding carboxylic acids is 1. The van der Waals surface area contributed by atoms with Crippen LogP contribution in [-0.2, 0) is 11.3 Å². The fourth-order valence-corrected chi connectivity index (χ4v) is 5.21. The van der Waals surface area contributed by atoms with Gasteiger partial charge in [0.1, 0.15) is 0 Å². The van der Waals surface area contributed by atoms with Crippen molar-refractivity contribution in [3.05, 3.63) is 42.0 Å². The molecule has 0 unspecified atom stereocenters. The number of rotatable bonds is 6. The van der Waals surface area contributed by atoms with Crippen molar-refractivity contribution >= 4 is 32.6 Å². The maximum atomic E-state index is 13.4. The zero-order valence-electron chi connectivity index (χ0n) is 16.7. The Bertz CT molecular complexity index is 902. The van der Waals surface area contributed by atoms with Crippen molar-refractivity contribution in [1.82, 2.24) is 14.5 Å². The molecule has 2 heterocycles. The average molecular weight is 397 g/mol. The molecule has 1 aromatic carbocycles. The predicted molar refractivity (Wildman–Crippen MR) is 115 cm³/mol. The molecule has 4 rings (SSSR count). The van der Waals surface area contributed by atoms with Gasteiger partial charge in [0.2, 0.25) is 5.91 Å². The Kier molecular flexibility index (Phi) is 5.76. The van der Waals surface area contributed by atoms with Gasteiger partial charge in [-0.25, -0.2) is 9.97 Å². The summed E-state index contributed by atoms with van der Waals surface area (Å²) in [6.07, 6.45) is 12.1. The third-order valence-electron chi connectivity index (χ3n) is 5.74. The van der Waals surface area contributed by atoms with Crippen LogP contribution in [0.4, 0.5) is 5.13 Å². The quantitative estimate of drug-likeness (QED) is 0.581. The van der Waals surface area contributed by atoms with Crippen LogP contribution in [0.3, 0.4) is 0 Å². The highest BCUT2D eigenvalue weighted by molar-refractivity contribution is 7.22. The second-order valence-corrected chi connectivity index (χ2v) is 8.83. The first kappa shape index (κ1) is 19.1. The molecule has 28 heavy (non-hydrogen) atoms. The van der Waals surface area contributed by atoms with Gasteiger partial charge in [-0.3, -0.25) is 9.69 Å².